The van der Waals surface area contributed by atoms with Crippen molar-refractivity contribution in [1.82, 2.24) is 0 Å². The Balaban J connectivity index is 2.58. The molecule has 120 valence electrons. The molecule has 3 N–H and O–H groups in total. The highest BCUT2D eigenvalue weighted by molar-refractivity contribution is 6.34. The summed E-state index contributed by atoms with van der Waals surface area (Å²) in [6.07, 6.45) is 0. The average molecular weight is 339 g/mol. The molecule has 0 saturated carbocycles. The molecule has 1 unspecified atom stereocenters. The monoisotopic (exact) mass is 338 g/mol. The zero-order valence-corrected chi connectivity index (χ0v) is 12.8. The molecule has 7 nitrogen and oxygen atoms in total. The first kappa shape index (κ1) is 15.4. The third-order valence-corrected chi connectivity index (χ3v) is 4.31. The largest absolute Gasteiger partial charge is 0.507 e. The minimum Gasteiger partial charge on any atom is -0.507 e. The van der Waals surface area contributed by atoms with Gasteiger partial charge in [-0.15, -0.1) is 0 Å². The molecule has 2 aromatic rings. The minimum atomic E-state index is -2.00. The number of phenolic OH excluding ortho intramolecular Hbond substituents is 1. The Morgan fingerprint density at radius 3 is 2.52 bits per heavy atom. The van der Waals surface area contributed by atoms with Crippen LogP contribution in [0, 0.1) is 0 Å². The van der Waals surface area contributed by atoms with Crippen molar-refractivity contribution in [3.05, 3.63) is 44.7 Å². The number of benzene rings is 1. The number of allylic oxidation sites excluding steroid dienone is 1. The van der Waals surface area contributed by atoms with Crippen LogP contribution in [-0.2, 0) is 5.60 Å². The van der Waals surface area contributed by atoms with Crippen molar-refractivity contribution in [2.45, 2.75) is 12.5 Å². The van der Waals surface area contributed by atoms with Crippen LogP contribution in [0.25, 0.3) is 10.8 Å². The van der Waals surface area contributed by atoms with E-state index in [-0.39, 0.29) is 22.1 Å². The summed E-state index contributed by atoms with van der Waals surface area (Å²) in [6, 6.07) is 2.55. The summed E-state index contributed by atoms with van der Waals surface area (Å²) in [7, 11) is 1.35. The van der Waals surface area contributed by atoms with E-state index < -0.39 is 39.3 Å². The molecule has 1 aliphatic carbocycles. The molecule has 0 saturated heterocycles. The third kappa shape index (κ3) is 1.94. The number of hydrogen-bond acceptors (Lipinski definition) is 7. The number of Topliss-reactive ketones (excluding diaryl/α,β-unsaturated/α-hetero) is 1. The number of ether oxygens (including phenoxy) is 1. The van der Waals surface area contributed by atoms with Gasteiger partial charge in [0.25, 0.3) is 5.78 Å². The van der Waals surface area contributed by atoms with Gasteiger partial charge in [-0.05, 0) is 13.0 Å². The van der Waals surface area contributed by atoms with Gasteiger partial charge in [-0.2, -0.15) is 0 Å². The second-order valence-electron chi connectivity index (χ2n) is 5.23. The van der Waals surface area contributed by atoms with Gasteiger partial charge in [-0.25, -0.2) is 4.79 Å². The van der Waals surface area contributed by atoms with Gasteiger partial charge in [0.1, 0.15) is 22.5 Å². The predicted molar refractivity (Wildman–Crippen MR) is 80.1 cm³/mol. The summed E-state index contributed by atoms with van der Waals surface area (Å²) < 4.78 is 9.94. The Labute approximate surface area is 134 Å². The number of rotatable bonds is 1. The zero-order valence-electron chi connectivity index (χ0n) is 12.0. The number of hydrogen-bond donors (Lipinski definition) is 3. The lowest BCUT2D eigenvalue weighted by atomic mass is 9.84. The Morgan fingerprint density at radius 1 is 1.26 bits per heavy atom. The van der Waals surface area contributed by atoms with Crippen LogP contribution >= 0.6 is 11.6 Å². The number of phenols is 1. The average Bonchev–Trinajstić information content (AvgIpc) is 2.50. The molecule has 0 spiro atoms. The maximum atomic E-state index is 12.1. The molecule has 8 heteroatoms. The molecule has 1 heterocycles. The molecule has 1 atom stereocenters. The number of aliphatic hydroxyl groups is 2. The Morgan fingerprint density at radius 2 is 1.91 bits per heavy atom. The Kier molecular flexibility index (Phi) is 3.17. The van der Waals surface area contributed by atoms with E-state index >= 15 is 0 Å². The molecule has 1 aromatic carbocycles. The van der Waals surface area contributed by atoms with Crippen molar-refractivity contribution in [2.75, 3.05) is 7.11 Å². The van der Waals surface area contributed by atoms with Crippen LogP contribution in [0.2, 0.25) is 0 Å². The van der Waals surface area contributed by atoms with E-state index in [0.717, 1.165) is 0 Å². The van der Waals surface area contributed by atoms with E-state index in [1.165, 1.54) is 26.2 Å². The van der Waals surface area contributed by atoms with Crippen LogP contribution in [-0.4, -0.2) is 28.2 Å². The maximum absolute atomic E-state index is 12.1. The Bertz CT molecular complexity index is 952. The summed E-state index contributed by atoms with van der Waals surface area (Å²) in [6.45, 7) is 1.23. The van der Waals surface area contributed by atoms with Crippen LogP contribution in [0.5, 0.6) is 11.5 Å². The fraction of sp³-hybridized carbons (Fsp3) is 0.200. The quantitative estimate of drug-likeness (QED) is 0.727. The molecule has 0 aliphatic heterocycles. The molecule has 23 heavy (non-hydrogen) atoms. The highest BCUT2D eigenvalue weighted by atomic mass is 35.5. The fourth-order valence-corrected chi connectivity index (χ4v) is 2.82. The lowest BCUT2D eigenvalue weighted by Gasteiger charge is -2.29. The van der Waals surface area contributed by atoms with E-state index in [4.69, 9.17) is 20.8 Å². The number of aromatic hydroxyl groups is 1. The number of aliphatic hydroxyl groups excluding tert-OH is 1. The Hall–Kier alpha value is -2.51. The lowest BCUT2D eigenvalue weighted by molar-refractivity contribution is 0.0759. The first-order chi connectivity index (χ1) is 10.7. The number of carbonyl (C=O) groups excluding carboxylic acids is 1. The summed E-state index contributed by atoms with van der Waals surface area (Å²) in [4.78, 5) is 24.2. The smallest absolute Gasteiger partial charge is 0.348 e. The molecular formula is C15H11ClO7. The summed E-state index contributed by atoms with van der Waals surface area (Å²) in [5.74, 6) is -2.71. The van der Waals surface area contributed by atoms with Gasteiger partial charge >= 0.3 is 5.63 Å². The predicted octanol–water partition coefficient (Wildman–Crippen LogP) is 1.92. The number of halogens is 1. The second-order valence-corrected chi connectivity index (χ2v) is 5.60. The molecule has 1 aliphatic rings. The van der Waals surface area contributed by atoms with Gasteiger partial charge in [0.15, 0.2) is 11.5 Å². The number of methoxy groups -OCH3 is 1. The highest BCUT2D eigenvalue weighted by Gasteiger charge is 2.44. The normalized spacial score (nSPS) is 20.8. The van der Waals surface area contributed by atoms with E-state index in [0.29, 0.717) is 0 Å². The number of ketones is 1. The molecule has 0 fully saturated rings. The molecule has 3 rings (SSSR count). The van der Waals surface area contributed by atoms with Crippen molar-refractivity contribution < 1.29 is 29.3 Å². The van der Waals surface area contributed by atoms with Gasteiger partial charge in [0.05, 0.1) is 12.1 Å². The van der Waals surface area contributed by atoms with Crippen LogP contribution in [0.3, 0.4) is 0 Å². The molecule has 1 aromatic heterocycles. The first-order valence-electron chi connectivity index (χ1n) is 6.44. The van der Waals surface area contributed by atoms with Crippen LogP contribution in [0.1, 0.15) is 23.0 Å². The first-order valence-corrected chi connectivity index (χ1v) is 6.82. The fourth-order valence-electron chi connectivity index (χ4n) is 2.64. The second kappa shape index (κ2) is 4.74. The van der Waals surface area contributed by atoms with E-state index in [1.807, 2.05) is 0 Å². The van der Waals surface area contributed by atoms with E-state index in [9.17, 15) is 24.9 Å². The van der Waals surface area contributed by atoms with Gasteiger partial charge in [0.2, 0.25) is 0 Å². The van der Waals surface area contributed by atoms with Crippen molar-refractivity contribution in [2.24, 2.45) is 0 Å². The van der Waals surface area contributed by atoms with Crippen molar-refractivity contribution in [3.63, 3.8) is 0 Å². The van der Waals surface area contributed by atoms with Gasteiger partial charge in [-0.1, -0.05) is 11.6 Å². The van der Waals surface area contributed by atoms with Crippen LogP contribution in [0.15, 0.2) is 32.1 Å². The topological polar surface area (TPSA) is 117 Å². The summed E-state index contributed by atoms with van der Waals surface area (Å²) in [5, 5.41) is 29.7. The molecule has 0 bridgehead atoms. The van der Waals surface area contributed by atoms with Crippen LogP contribution in [0.4, 0.5) is 0 Å². The molecule has 0 radical (unpaired) electrons. The van der Waals surface area contributed by atoms with E-state index in [1.54, 1.807) is 0 Å². The van der Waals surface area contributed by atoms with Crippen molar-refractivity contribution in [1.29, 1.82) is 0 Å². The lowest BCUT2D eigenvalue weighted by Crippen LogP contribution is -2.33. The van der Waals surface area contributed by atoms with Crippen LogP contribution < -0.4 is 10.4 Å². The maximum Gasteiger partial charge on any atom is 0.348 e. The standard InChI is InChI=1S/C15H11ClO7/c1-15(21)9-6-3-5(22-2)4-7(17)8(6)14(20)23-12(9)10(18)11(19)13(15)16/h3-4,17,19,21H,1-2H3. The summed E-state index contributed by atoms with van der Waals surface area (Å²) >= 11 is 5.88. The third-order valence-electron chi connectivity index (χ3n) is 3.77. The number of carbonyl (C=O) groups is 1. The zero-order chi connectivity index (χ0) is 17.1. The van der Waals surface area contributed by atoms with Crippen molar-refractivity contribution >= 4 is 28.2 Å². The van der Waals surface area contributed by atoms with Crippen molar-refractivity contribution in [3.8, 4) is 11.5 Å². The van der Waals surface area contributed by atoms with Gasteiger partial charge < -0.3 is 24.5 Å². The molecule has 0 amide bonds. The van der Waals surface area contributed by atoms with Gasteiger partial charge in [-0.3, -0.25) is 4.79 Å². The highest BCUT2D eigenvalue weighted by Crippen LogP contribution is 2.45. The van der Waals surface area contributed by atoms with Gasteiger partial charge in [0, 0.05) is 17.0 Å². The SMILES string of the molecule is COc1cc(O)c2c(=O)oc3c(c2c1)C(C)(O)C(Cl)=C(O)C3=O. The van der Waals surface area contributed by atoms with E-state index in [2.05, 4.69) is 0 Å². The summed E-state index contributed by atoms with van der Waals surface area (Å²) in [5.41, 5.74) is -3.12. The minimum absolute atomic E-state index is 0.0390. The number of fused-ring (bicyclic) bond motifs is 3. The molecular weight excluding hydrogens is 328 g/mol.